The van der Waals surface area contributed by atoms with E-state index in [2.05, 4.69) is 5.32 Å². The molecule has 0 spiro atoms. The van der Waals surface area contributed by atoms with Gasteiger partial charge >= 0.3 is 0 Å². The van der Waals surface area contributed by atoms with Gasteiger partial charge in [0.15, 0.2) is 0 Å². The van der Waals surface area contributed by atoms with Gasteiger partial charge in [-0.25, -0.2) is 0 Å². The minimum atomic E-state index is -0.587. The molecule has 0 radical (unpaired) electrons. The fraction of sp³-hybridized carbons (Fsp3) is 0.440. The highest BCUT2D eigenvalue weighted by atomic mass is 35.5. The van der Waals surface area contributed by atoms with Crippen LogP contribution < -0.4 is 14.8 Å². The van der Waals surface area contributed by atoms with Crippen molar-refractivity contribution in [3.8, 4) is 11.5 Å². The van der Waals surface area contributed by atoms with E-state index >= 15 is 0 Å². The number of ether oxygens (including phenoxy) is 2. The van der Waals surface area contributed by atoms with Gasteiger partial charge in [0.2, 0.25) is 11.8 Å². The Bertz CT molecular complexity index is 855. The number of methoxy groups -OCH3 is 1. The summed E-state index contributed by atoms with van der Waals surface area (Å²) in [6.07, 6.45) is 1.65. The smallest absolute Gasteiger partial charge is 0.242 e. The number of nitrogens with zero attached hydrogens (tertiary/aromatic N) is 1. The van der Waals surface area contributed by atoms with Crippen LogP contribution in [-0.2, 0) is 16.1 Å². The van der Waals surface area contributed by atoms with Gasteiger partial charge in [-0.15, -0.1) is 0 Å². The molecular weight excluding hydrogens is 428 g/mol. The van der Waals surface area contributed by atoms with E-state index in [0.29, 0.717) is 30.3 Å². The van der Waals surface area contributed by atoms with Gasteiger partial charge in [-0.1, -0.05) is 30.7 Å². The number of benzene rings is 2. The monoisotopic (exact) mass is 460 g/mol. The van der Waals surface area contributed by atoms with Gasteiger partial charge in [0.1, 0.15) is 17.5 Å². The van der Waals surface area contributed by atoms with E-state index in [9.17, 15) is 9.59 Å². The van der Waals surface area contributed by atoms with Crippen LogP contribution in [0.2, 0.25) is 5.02 Å². The zero-order valence-corrected chi connectivity index (χ0v) is 20.0. The minimum absolute atomic E-state index is 0.0515. The van der Waals surface area contributed by atoms with Gasteiger partial charge in [-0.05, 0) is 68.7 Å². The Morgan fingerprint density at radius 3 is 2.25 bits per heavy atom. The summed E-state index contributed by atoms with van der Waals surface area (Å²) in [7, 11) is 1.61. The SMILES string of the molecule is CC[C@H](C)NC(=O)[C@H](C)N(Cc1ccc(OC)cc1)C(=O)CCCOc1ccc(Cl)cc1. The maximum Gasteiger partial charge on any atom is 0.242 e. The zero-order valence-electron chi connectivity index (χ0n) is 19.3. The number of carbonyl (C=O) groups is 2. The third-order valence-corrected chi connectivity index (χ3v) is 5.55. The first-order valence-electron chi connectivity index (χ1n) is 10.9. The molecule has 32 heavy (non-hydrogen) atoms. The van der Waals surface area contributed by atoms with Crippen LogP contribution in [0.15, 0.2) is 48.5 Å². The van der Waals surface area contributed by atoms with E-state index in [0.717, 1.165) is 17.7 Å². The van der Waals surface area contributed by atoms with Gasteiger partial charge < -0.3 is 19.7 Å². The molecule has 2 rings (SSSR count). The highest BCUT2D eigenvalue weighted by molar-refractivity contribution is 6.30. The van der Waals surface area contributed by atoms with Crippen molar-refractivity contribution in [3.63, 3.8) is 0 Å². The van der Waals surface area contributed by atoms with Crippen LogP contribution in [0, 0.1) is 0 Å². The van der Waals surface area contributed by atoms with Crippen LogP contribution in [0.5, 0.6) is 11.5 Å². The molecule has 0 aliphatic carbocycles. The van der Waals surface area contributed by atoms with Gasteiger partial charge in [-0.2, -0.15) is 0 Å². The minimum Gasteiger partial charge on any atom is -0.497 e. The van der Waals surface area contributed by atoms with Crippen molar-refractivity contribution in [1.29, 1.82) is 0 Å². The fourth-order valence-corrected chi connectivity index (χ4v) is 3.19. The summed E-state index contributed by atoms with van der Waals surface area (Å²) in [5, 5.41) is 3.62. The van der Waals surface area contributed by atoms with Crippen LogP contribution in [0.1, 0.15) is 45.6 Å². The topological polar surface area (TPSA) is 67.9 Å². The number of hydrogen-bond donors (Lipinski definition) is 1. The predicted octanol–water partition coefficient (Wildman–Crippen LogP) is 4.84. The van der Waals surface area contributed by atoms with Gasteiger partial charge in [0, 0.05) is 24.0 Å². The van der Waals surface area contributed by atoms with Crippen molar-refractivity contribution in [2.45, 2.75) is 58.7 Å². The summed E-state index contributed by atoms with van der Waals surface area (Å²) in [4.78, 5) is 27.4. The Morgan fingerprint density at radius 2 is 1.66 bits per heavy atom. The lowest BCUT2D eigenvalue weighted by Gasteiger charge is -2.30. The first-order chi connectivity index (χ1) is 15.3. The molecule has 7 heteroatoms. The van der Waals surface area contributed by atoms with Crippen LogP contribution in [0.4, 0.5) is 0 Å². The summed E-state index contributed by atoms with van der Waals surface area (Å²) in [6.45, 7) is 6.47. The van der Waals surface area contributed by atoms with Crippen LogP contribution in [0.25, 0.3) is 0 Å². The Balaban J connectivity index is 2.01. The maximum absolute atomic E-state index is 13.1. The molecule has 0 heterocycles. The van der Waals surface area contributed by atoms with Crippen molar-refractivity contribution in [3.05, 3.63) is 59.1 Å². The molecule has 0 unspecified atom stereocenters. The summed E-state index contributed by atoms with van der Waals surface area (Å²) >= 11 is 5.88. The van der Waals surface area contributed by atoms with Crippen molar-refractivity contribution < 1.29 is 19.1 Å². The molecule has 2 atom stereocenters. The molecule has 0 fully saturated rings. The highest BCUT2D eigenvalue weighted by Crippen LogP contribution is 2.18. The fourth-order valence-electron chi connectivity index (χ4n) is 3.06. The average Bonchev–Trinajstić information content (AvgIpc) is 2.81. The highest BCUT2D eigenvalue weighted by Gasteiger charge is 2.26. The number of halogens is 1. The Morgan fingerprint density at radius 1 is 1.03 bits per heavy atom. The lowest BCUT2D eigenvalue weighted by molar-refractivity contribution is -0.141. The summed E-state index contributed by atoms with van der Waals surface area (Å²) < 4.78 is 10.9. The lowest BCUT2D eigenvalue weighted by atomic mass is 10.1. The van der Waals surface area contributed by atoms with Crippen LogP contribution in [-0.4, -0.2) is 42.5 Å². The van der Waals surface area contributed by atoms with Crippen molar-refractivity contribution >= 4 is 23.4 Å². The van der Waals surface area contributed by atoms with Crippen molar-refractivity contribution in [2.24, 2.45) is 0 Å². The van der Waals surface area contributed by atoms with E-state index in [4.69, 9.17) is 21.1 Å². The van der Waals surface area contributed by atoms with Crippen molar-refractivity contribution in [2.75, 3.05) is 13.7 Å². The largest absolute Gasteiger partial charge is 0.497 e. The Labute approximate surface area is 195 Å². The molecule has 0 saturated heterocycles. The van der Waals surface area contributed by atoms with Gasteiger partial charge in [0.25, 0.3) is 0 Å². The van der Waals surface area contributed by atoms with Gasteiger partial charge in [-0.3, -0.25) is 9.59 Å². The number of nitrogens with one attached hydrogen (secondary N) is 1. The number of rotatable bonds is 12. The quantitative estimate of drug-likeness (QED) is 0.460. The number of amides is 2. The molecule has 174 valence electrons. The molecule has 0 aliphatic rings. The molecule has 0 bridgehead atoms. The number of carbonyl (C=O) groups excluding carboxylic acids is 2. The Hall–Kier alpha value is -2.73. The Kier molecular flexibility index (Phi) is 10.3. The maximum atomic E-state index is 13.1. The second-order valence-electron chi connectivity index (χ2n) is 7.77. The predicted molar refractivity (Wildman–Crippen MR) is 127 cm³/mol. The first-order valence-corrected chi connectivity index (χ1v) is 11.3. The molecule has 0 aliphatic heterocycles. The molecular formula is C25H33ClN2O4. The summed E-state index contributed by atoms with van der Waals surface area (Å²) in [5.41, 5.74) is 0.930. The van der Waals surface area contributed by atoms with Gasteiger partial charge in [0.05, 0.1) is 13.7 Å². The average molecular weight is 461 g/mol. The third kappa shape index (κ3) is 8.08. The van der Waals surface area contributed by atoms with Crippen LogP contribution >= 0.6 is 11.6 Å². The second-order valence-corrected chi connectivity index (χ2v) is 8.21. The summed E-state index contributed by atoms with van der Waals surface area (Å²) in [5.74, 6) is 1.21. The lowest BCUT2D eigenvalue weighted by Crippen LogP contribution is -2.49. The second kappa shape index (κ2) is 13.0. The molecule has 2 aromatic rings. The van der Waals surface area contributed by atoms with E-state index in [1.165, 1.54) is 0 Å². The molecule has 2 aromatic carbocycles. The zero-order chi connectivity index (χ0) is 23.5. The molecule has 0 saturated carbocycles. The van der Waals surface area contributed by atoms with Crippen molar-refractivity contribution in [1.82, 2.24) is 10.2 Å². The normalized spacial score (nSPS) is 12.5. The molecule has 2 amide bonds. The standard InChI is InChI=1S/C25H33ClN2O4/c1-5-18(2)27-25(30)19(3)28(17-20-8-12-22(31-4)13-9-20)24(29)7-6-16-32-23-14-10-21(26)11-15-23/h8-15,18-19H,5-7,16-17H2,1-4H3,(H,27,30)/t18-,19-/m0/s1. The first kappa shape index (κ1) is 25.5. The summed E-state index contributed by atoms with van der Waals surface area (Å²) in [6, 6.07) is 14.1. The van der Waals surface area contributed by atoms with E-state index in [1.807, 2.05) is 38.1 Å². The van der Waals surface area contributed by atoms with Crippen LogP contribution in [0.3, 0.4) is 0 Å². The molecule has 1 N–H and O–H groups in total. The van der Waals surface area contributed by atoms with E-state index in [1.54, 1.807) is 43.2 Å². The number of hydrogen-bond acceptors (Lipinski definition) is 4. The van der Waals surface area contributed by atoms with E-state index < -0.39 is 6.04 Å². The van der Waals surface area contributed by atoms with E-state index in [-0.39, 0.29) is 24.3 Å². The molecule has 0 aromatic heterocycles. The third-order valence-electron chi connectivity index (χ3n) is 5.30. The molecule has 6 nitrogen and oxygen atoms in total.